The third-order valence-electron chi connectivity index (χ3n) is 4.49. The van der Waals surface area contributed by atoms with Crippen LogP contribution >= 0.6 is 22.9 Å². The summed E-state index contributed by atoms with van der Waals surface area (Å²) in [5.74, 6) is 0.704. The number of thiazole rings is 1. The monoisotopic (exact) mass is 370 g/mol. The van der Waals surface area contributed by atoms with Crippen LogP contribution in [0.3, 0.4) is 0 Å². The molecule has 4 nitrogen and oxygen atoms in total. The summed E-state index contributed by atoms with van der Waals surface area (Å²) >= 11 is 7.72. The summed E-state index contributed by atoms with van der Waals surface area (Å²) in [5.41, 5.74) is 4.66. The smallest absolute Gasteiger partial charge is 0.223 e. The van der Waals surface area contributed by atoms with Gasteiger partial charge in [0.15, 0.2) is 0 Å². The summed E-state index contributed by atoms with van der Waals surface area (Å²) in [4.78, 5) is 14.7. The molecule has 0 saturated heterocycles. The largest absolute Gasteiger partial charge is 0.351 e. The average Bonchev–Trinajstić information content (AvgIpc) is 3.13. The topological polar surface area (TPSA) is 50.7 Å². The van der Waals surface area contributed by atoms with Gasteiger partial charge in [-0.15, -0.1) is 11.3 Å². The molecule has 1 saturated carbocycles. The van der Waals surface area contributed by atoms with E-state index in [2.05, 4.69) is 15.3 Å². The zero-order chi connectivity index (χ0) is 17.1. The Bertz CT molecular complexity index is 858. The molecular weight excluding hydrogens is 352 g/mol. The fraction of sp³-hybridized carbons (Fsp3) is 0.316. The van der Waals surface area contributed by atoms with E-state index >= 15 is 0 Å². The molecule has 128 valence electrons. The van der Waals surface area contributed by atoms with Gasteiger partial charge in [-0.25, -0.2) is 15.0 Å². The lowest BCUT2D eigenvalue weighted by atomic mass is 9.96. The first-order valence-electron chi connectivity index (χ1n) is 8.59. The average molecular weight is 371 g/mol. The van der Waals surface area contributed by atoms with E-state index in [0.717, 1.165) is 21.8 Å². The molecule has 6 heteroatoms. The molecule has 0 spiro atoms. The van der Waals surface area contributed by atoms with Crippen LogP contribution in [0.2, 0.25) is 5.02 Å². The predicted octanol–water partition coefficient (Wildman–Crippen LogP) is 5.67. The van der Waals surface area contributed by atoms with Gasteiger partial charge < -0.3 is 5.32 Å². The Morgan fingerprint density at radius 1 is 1.08 bits per heavy atom. The molecular formula is C19H19ClN4S. The normalized spacial score (nSPS) is 15.2. The molecule has 0 aliphatic heterocycles. The number of hydrogen-bond donors (Lipinski definition) is 1. The van der Waals surface area contributed by atoms with Crippen molar-refractivity contribution in [3.05, 3.63) is 47.1 Å². The van der Waals surface area contributed by atoms with E-state index in [-0.39, 0.29) is 0 Å². The molecule has 2 aromatic heterocycles. The molecule has 1 N–H and O–H groups in total. The van der Waals surface area contributed by atoms with Crippen LogP contribution in [-0.4, -0.2) is 21.0 Å². The fourth-order valence-corrected chi connectivity index (χ4v) is 4.22. The molecule has 4 rings (SSSR count). The van der Waals surface area contributed by atoms with E-state index in [4.69, 9.17) is 16.6 Å². The van der Waals surface area contributed by atoms with Crippen molar-refractivity contribution in [2.24, 2.45) is 0 Å². The van der Waals surface area contributed by atoms with Gasteiger partial charge in [0.2, 0.25) is 5.95 Å². The summed E-state index contributed by atoms with van der Waals surface area (Å²) < 4.78 is 0. The Morgan fingerprint density at radius 3 is 2.80 bits per heavy atom. The van der Waals surface area contributed by atoms with E-state index in [9.17, 15) is 0 Å². The summed E-state index contributed by atoms with van der Waals surface area (Å²) in [6, 6.07) is 10.2. The van der Waals surface area contributed by atoms with E-state index < -0.39 is 0 Å². The van der Waals surface area contributed by atoms with Gasteiger partial charge in [0, 0.05) is 22.8 Å². The highest BCUT2D eigenvalue weighted by Crippen LogP contribution is 2.34. The SMILES string of the molecule is Clc1cccc(-c2ncsc2-c2ccnc(NC3CCCCC3)n2)c1. The molecule has 1 fully saturated rings. The van der Waals surface area contributed by atoms with Crippen molar-refractivity contribution >= 4 is 28.9 Å². The van der Waals surface area contributed by atoms with Crippen LogP contribution in [-0.2, 0) is 0 Å². The number of anilines is 1. The zero-order valence-corrected chi connectivity index (χ0v) is 15.4. The fourth-order valence-electron chi connectivity index (χ4n) is 3.25. The maximum absolute atomic E-state index is 6.13. The van der Waals surface area contributed by atoms with E-state index in [1.54, 1.807) is 11.3 Å². The van der Waals surface area contributed by atoms with Gasteiger partial charge in [-0.2, -0.15) is 0 Å². The van der Waals surface area contributed by atoms with Crippen LogP contribution in [0.1, 0.15) is 32.1 Å². The predicted molar refractivity (Wildman–Crippen MR) is 104 cm³/mol. The number of hydrogen-bond acceptors (Lipinski definition) is 5. The standard InChI is InChI=1S/C19H19ClN4S/c20-14-6-4-5-13(11-14)17-18(25-12-22-17)16-9-10-21-19(24-16)23-15-7-2-1-3-8-15/h4-6,9-12,15H,1-3,7-8H2,(H,21,23,24). The van der Waals surface area contributed by atoms with Crippen LogP contribution in [0, 0.1) is 0 Å². The van der Waals surface area contributed by atoms with Crippen molar-refractivity contribution in [2.75, 3.05) is 5.32 Å². The minimum atomic E-state index is 0.484. The number of rotatable bonds is 4. The summed E-state index contributed by atoms with van der Waals surface area (Å²) in [5, 5.41) is 4.20. The van der Waals surface area contributed by atoms with Crippen LogP contribution in [0.4, 0.5) is 5.95 Å². The first-order chi connectivity index (χ1) is 12.3. The summed E-state index contributed by atoms with van der Waals surface area (Å²) in [6.07, 6.45) is 8.11. The van der Waals surface area contributed by atoms with Gasteiger partial charge in [-0.1, -0.05) is 43.0 Å². The minimum Gasteiger partial charge on any atom is -0.351 e. The molecule has 2 heterocycles. The van der Waals surface area contributed by atoms with E-state index in [0.29, 0.717) is 17.0 Å². The van der Waals surface area contributed by atoms with Gasteiger partial charge in [-0.05, 0) is 31.0 Å². The lowest BCUT2D eigenvalue weighted by Crippen LogP contribution is -2.23. The summed E-state index contributed by atoms with van der Waals surface area (Å²) in [7, 11) is 0. The van der Waals surface area contributed by atoms with Crippen molar-refractivity contribution in [2.45, 2.75) is 38.1 Å². The number of nitrogens with zero attached hydrogens (tertiary/aromatic N) is 3. The van der Waals surface area contributed by atoms with Gasteiger partial charge in [0.1, 0.15) is 0 Å². The van der Waals surface area contributed by atoms with Crippen LogP contribution < -0.4 is 5.32 Å². The second kappa shape index (κ2) is 7.50. The van der Waals surface area contributed by atoms with Crippen LogP contribution in [0.25, 0.3) is 21.8 Å². The van der Waals surface area contributed by atoms with Crippen LogP contribution in [0.5, 0.6) is 0 Å². The molecule has 0 bridgehead atoms. The lowest BCUT2D eigenvalue weighted by molar-refractivity contribution is 0.461. The lowest BCUT2D eigenvalue weighted by Gasteiger charge is -2.22. The quantitative estimate of drug-likeness (QED) is 0.643. The summed E-state index contributed by atoms with van der Waals surface area (Å²) in [6.45, 7) is 0. The third-order valence-corrected chi connectivity index (χ3v) is 5.58. The van der Waals surface area contributed by atoms with E-state index in [1.165, 1.54) is 32.1 Å². The molecule has 0 atom stereocenters. The van der Waals surface area contributed by atoms with Crippen molar-refractivity contribution < 1.29 is 0 Å². The van der Waals surface area contributed by atoms with Gasteiger partial charge in [-0.3, -0.25) is 0 Å². The highest BCUT2D eigenvalue weighted by atomic mass is 35.5. The van der Waals surface area contributed by atoms with Gasteiger partial charge in [0.05, 0.1) is 21.8 Å². The number of nitrogens with one attached hydrogen (secondary N) is 1. The maximum atomic E-state index is 6.13. The van der Waals surface area contributed by atoms with Crippen molar-refractivity contribution in [1.29, 1.82) is 0 Å². The molecule has 0 radical (unpaired) electrons. The Kier molecular flexibility index (Phi) is 4.95. The third kappa shape index (κ3) is 3.83. The number of benzene rings is 1. The highest BCUT2D eigenvalue weighted by molar-refractivity contribution is 7.13. The first kappa shape index (κ1) is 16.5. The molecule has 0 unspecified atom stereocenters. The second-order valence-corrected chi connectivity index (χ2v) is 7.58. The molecule has 1 aliphatic carbocycles. The van der Waals surface area contributed by atoms with Crippen molar-refractivity contribution in [3.63, 3.8) is 0 Å². The number of halogens is 1. The molecule has 1 aromatic carbocycles. The molecule has 3 aromatic rings. The Morgan fingerprint density at radius 2 is 1.96 bits per heavy atom. The Balaban J connectivity index is 1.62. The Labute approximate surface area is 156 Å². The van der Waals surface area contributed by atoms with E-state index in [1.807, 2.05) is 42.0 Å². The molecule has 1 aliphatic rings. The Hall–Kier alpha value is -1.98. The second-order valence-electron chi connectivity index (χ2n) is 6.29. The molecule has 25 heavy (non-hydrogen) atoms. The number of aromatic nitrogens is 3. The maximum Gasteiger partial charge on any atom is 0.223 e. The van der Waals surface area contributed by atoms with Gasteiger partial charge >= 0.3 is 0 Å². The molecule has 0 amide bonds. The van der Waals surface area contributed by atoms with Crippen molar-refractivity contribution in [3.8, 4) is 21.8 Å². The first-order valence-corrected chi connectivity index (χ1v) is 9.85. The van der Waals surface area contributed by atoms with Crippen LogP contribution in [0.15, 0.2) is 42.0 Å². The minimum absolute atomic E-state index is 0.484. The van der Waals surface area contributed by atoms with Gasteiger partial charge in [0.25, 0.3) is 0 Å². The van der Waals surface area contributed by atoms with Crippen molar-refractivity contribution in [1.82, 2.24) is 15.0 Å². The highest BCUT2D eigenvalue weighted by Gasteiger charge is 2.16. The zero-order valence-electron chi connectivity index (χ0n) is 13.8.